The zero-order valence-corrected chi connectivity index (χ0v) is 11.2. The maximum Gasteiger partial charge on any atom is 0.334 e. The van der Waals surface area contributed by atoms with Crippen LogP contribution in [0.1, 0.15) is 26.3 Å². The van der Waals surface area contributed by atoms with E-state index in [9.17, 15) is 4.79 Å². The highest BCUT2D eigenvalue weighted by Crippen LogP contribution is 2.18. The first-order valence-electron chi connectivity index (χ1n) is 6.10. The molecule has 2 atom stereocenters. The van der Waals surface area contributed by atoms with Crippen LogP contribution >= 0.6 is 0 Å². The average Bonchev–Trinajstić information content (AvgIpc) is 2.83. The van der Waals surface area contributed by atoms with Gasteiger partial charge in [-0.25, -0.2) is 9.79 Å². The molecule has 0 N–H and O–H groups in total. The molecule has 98 valence electrons. The van der Waals surface area contributed by atoms with Crippen molar-refractivity contribution in [2.24, 2.45) is 4.99 Å². The Balaban J connectivity index is 0.000000771. The first-order chi connectivity index (χ1) is 8.72. The van der Waals surface area contributed by atoms with Crippen LogP contribution in [0.2, 0.25) is 0 Å². The minimum atomic E-state index is -0.555. The second-order valence-electron chi connectivity index (χ2n) is 3.59. The van der Waals surface area contributed by atoms with Crippen molar-refractivity contribution in [3.63, 3.8) is 0 Å². The van der Waals surface area contributed by atoms with Gasteiger partial charge in [0.05, 0.1) is 7.11 Å². The molecule has 0 bridgehead atoms. The number of ether oxygens (including phenoxy) is 2. The van der Waals surface area contributed by atoms with E-state index in [2.05, 4.69) is 9.73 Å². The normalized spacial score (nSPS) is 21.2. The second-order valence-corrected chi connectivity index (χ2v) is 3.59. The molecule has 0 saturated heterocycles. The third-order valence-corrected chi connectivity index (χ3v) is 2.46. The number of rotatable bonds is 2. The molecule has 0 saturated carbocycles. The summed E-state index contributed by atoms with van der Waals surface area (Å²) in [5.74, 6) is 0.141. The molecule has 0 aliphatic carbocycles. The lowest BCUT2D eigenvalue weighted by atomic mass is 10.2. The summed E-state index contributed by atoms with van der Waals surface area (Å²) < 4.78 is 10.2. The molecule has 0 spiro atoms. The van der Waals surface area contributed by atoms with Crippen LogP contribution in [-0.4, -0.2) is 31.1 Å². The molecule has 1 aliphatic heterocycles. The SMILES string of the molecule is CC.COC(=O)C1N=C(c2ccccc2)OC1C. The van der Waals surface area contributed by atoms with Crippen molar-refractivity contribution >= 4 is 11.9 Å². The molecule has 0 amide bonds. The van der Waals surface area contributed by atoms with Gasteiger partial charge in [0.1, 0.15) is 6.10 Å². The minimum Gasteiger partial charge on any atom is -0.472 e. The van der Waals surface area contributed by atoms with Crippen molar-refractivity contribution in [1.29, 1.82) is 0 Å². The summed E-state index contributed by atoms with van der Waals surface area (Å²) in [5.41, 5.74) is 0.876. The highest BCUT2D eigenvalue weighted by Gasteiger charge is 2.34. The lowest BCUT2D eigenvalue weighted by molar-refractivity contribution is -0.143. The molecule has 1 aromatic rings. The van der Waals surface area contributed by atoms with E-state index in [1.807, 2.05) is 44.2 Å². The largest absolute Gasteiger partial charge is 0.472 e. The van der Waals surface area contributed by atoms with Crippen LogP contribution < -0.4 is 0 Å². The number of esters is 1. The highest BCUT2D eigenvalue weighted by atomic mass is 16.5. The maximum absolute atomic E-state index is 11.4. The quantitative estimate of drug-likeness (QED) is 0.756. The Bertz CT molecular complexity index is 414. The Kier molecular flexibility index (Phi) is 5.36. The van der Waals surface area contributed by atoms with Crippen LogP contribution in [0, 0.1) is 0 Å². The van der Waals surface area contributed by atoms with Crippen molar-refractivity contribution in [1.82, 2.24) is 0 Å². The number of hydrogen-bond donors (Lipinski definition) is 0. The van der Waals surface area contributed by atoms with Gasteiger partial charge in [-0.1, -0.05) is 32.0 Å². The molecule has 0 fully saturated rings. The Labute approximate surface area is 108 Å². The molecule has 4 nitrogen and oxygen atoms in total. The van der Waals surface area contributed by atoms with E-state index >= 15 is 0 Å². The van der Waals surface area contributed by atoms with Gasteiger partial charge in [-0.05, 0) is 19.1 Å². The molecular formula is C14H19NO3. The molecule has 18 heavy (non-hydrogen) atoms. The minimum absolute atomic E-state index is 0.275. The number of carbonyl (C=O) groups is 1. The zero-order chi connectivity index (χ0) is 13.5. The first kappa shape index (κ1) is 14.2. The molecular weight excluding hydrogens is 230 g/mol. The van der Waals surface area contributed by atoms with Crippen LogP contribution in [-0.2, 0) is 14.3 Å². The lowest BCUT2D eigenvalue weighted by Crippen LogP contribution is -2.28. The van der Waals surface area contributed by atoms with Gasteiger partial charge >= 0.3 is 5.97 Å². The van der Waals surface area contributed by atoms with Gasteiger partial charge < -0.3 is 9.47 Å². The zero-order valence-electron chi connectivity index (χ0n) is 11.2. The second kappa shape index (κ2) is 6.79. The molecule has 2 rings (SSSR count). The Morgan fingerprint density at radius 3 is 2.44 bits per heavy atom. The van der Waals surface area contributed by atoms with E-state index in [1.54, 1.807) is 6.92 Å². The van der Waals surface area contributed by atoms with E-state index in [0.29, 0.717) is 5.90 Å². The average molecular weight is 249 g/mol. The van der Waals surface area contributed by atoms with Crippen molar-refractivity contribution in [3.8, 4) is 0 Å². The highest BCUT2D eigenvalue weighted by molar-refractivity contribution is 5.97. The van der Waals surface area contributed by atoms with Gasteiger partial charge in [0, 0.05) is 5.56 Å². The lowest BCUT2D eigenvalue weighted by Gasteiger charge is -2.09. The fourth-order valence-corrected chi connectivity index (χ4v) is 1.59. The molecule has 0 aromatic heterocycles. The Morgan fingerprint density at radius 1 is 1.28 bits per heavy atom. The van der Waals surface area contributed by atoms with Crippen LogP contribution in [0.5, 0.6) is 0 Å². The van der Waals surface area contributed by atoms with Crippen molar-refractivity contribution in [3.05, 3.63) is 35.9 Å². The van der Waals surface area contributed by atoms with Gasteiger partial charge in [0.2, 0.25) is 5.90 Å². The smallest absolute Gasteiger partial charge is 0.334 e. The summed E-state index contributed by atoms with van der Waals surface area (Å²) in [4.78, 5) is 15.6. The van der Waals surface area contributed by atoms with Crippen LogP contribution in [0.15, 0.2) is 35.3 Å². The van der Waals surface area contributed by atoms with Crippen molar-refractivity contribution in [2.75, 3.05) is 7.11 Å². The predicted octanol–water partition coefficient (Wildman–Crippen LogP) is 2.42. The van der Waals surface area contributed by atoms with Crippen molar-refractivity contribution in [2.45, 2.75) is 32.9 Å². The molecule has 1 heterocycles. The van der Waals surface area contributed by atoms with Crippen LogP contribution in [0.3, 0.4) is 0 Å². The molecule has 4 heteroatoms. The standard InChI is InChI=1S/C12H13NO3.C2H6/c1-8-10(12(14)15-2)13-11(16-8)9-6-4-3-5-7-9;1-2/h3-8,10H,1-2H3;1-2H3. The van der Waals surface area contributed by atoms with Gasteiger partial charge in [0.15, 0.2) is 6.04 Å². The Morgan fingerprint density at radius 2 is 1.89 bits per heavy atom. The van der Waals surface area contributed by atoms with E-state index in [-0.39, 0.29) is 12.1 Å². The number of hydrogen-bond acceptors (Lipinski definition) is 4. The number of benzene rings is 1. The number of methoxy groups -OCH3 is 1. The molecule has 1 aromatic carbocycles. The molecule has 2 unspecified atom stereocenters. The fraction of sp³-hybridized carbons (Fsp3) is 0.429. The monoisotopic (exact) mass is 249 g/mol. The van der Waals surface area contributed by atoms with Crippen molar-refractivity contribution < 1.29 is 14.3 Å². The maximum atomic E-state index is 11.4. The first-order valence-corrected chi connectivity index (χ1v) is 6.10. The third kappa shape index (κ3) is 3.09. The van der Waals surface area contributed by atoms with E-state index in [1.165, 1.54) is 7.11 Å². The number of nitrogens with zero attached hydrogens (tertiary/aromatic N) is 1. The summed E-state index contributed by atoms with van der Waals surface area (Å²) in [7, 11) is 1.35. The topological polar surface area (TPSA) is 47.9 Å². The van der Waals surface area contributed by atoms with Gasteiger partial charge in [0.25, 0.3) is 0 Å². The Hall–Kier alpha value is -1.84. The summed E-state index contributed by atoms with van der Waals surface area (Å²) >= 11 is 0. The predicted molar refractivity (Wildman–Crippen MR) is 70.7 cm³/mol. The number of carbonyl (C=O) groups excluding carboxylic acids is 1. The summed E-state index contributed by atoms with van der Waals surface area (Å²) in [5, 5.41) is 0. The molecule has 0 radical (unpaired) electrons. The van der Waals surface area contributed by atoms with Gasteiger partial charge in [-0.15, -0.1) is 0 Å². The van der Waals surface area contributed by atoms with E-state index in [4.69, 9.17) is 4.74 Å². The van der Waals surface area contributed by atoms with Gasteiger partial charge in [-0.2, -0.15) is 0 Å². The third-order valence-electron chi connectivity index (χ3n) is 2.46. The van der Waals surface area contributed by atoms with E-state index in [0.717, 1.165) is 5.56 Å². The number of aliphatic imine (C=N–C) groups is 1. The van der Waals surface area contributed by atoms with Gasteiger partial charge in [-0.3, -0.25) is 0 Å². The summed E-state index contributed by atoms with van der Waals surface area (Å²) in [6.45, 7) is 5.81. The molecule has 1 aliphatic rings. The summed E-state index contributed by atoms with van der Waals surface area (Å²) in [6.07, 6.45) is -0.275. The summed E-state index contributed by atoms with van der Waals surface area (Å²) in [6, 6.07) is 8.95. The van der Waals surface area contributed by atoms with E-state index < -0.39 is 6.04 Å². The van der Waals surface area contributed by atoms with Crippen LogP contribution in [0.4, 0.5) is 0 Å². The van der Waals surface area contributed by atoms with Crippen LogP contribution in [0.25, 0.3) is 0 Å². The fourth-order valence-electron chi connectivity index (χ4n) is 1.59.